The highest BCUT2D eigenvalue weighted by molar-refractivity contribution is 5.76. The highest BCUT2D eigenvalue weighted by atomic mass is 19.1. The van der Waals surface area contributed by atoms with E-state index < -0.39 is 0 Å². The van der Waals surface area contributed by atoms with Crippen molar-refractivity contribution in [3.05, 3.63) is 47.8 Å². The zero-order valence-electron chi connectivity index (χ0n) is 14.8. The summed E-state index contributed by atoms with van der Waals surface area (Å²) in [6.45, 7) is 5.86. The van der Waals surface area contributed by atoms with Gasteiger partial charge >= 0.3 is 0 Å². The lowest BCUT2D eigenvalue weighted by atomic mass is 9.94. The summed E-state index contributed by atoms with van der Waals surface area (Å²) in [7, 11) is 2.01. The SMILES string of the molecule is CCn1c(CN2CCC[C@H](c3ccnn3C)C2)nc2cc(F)ccc21. The molecule has 4 rings (SSSR count). The van der Waals surface area contributed by atoms with Crippen molar-refractivity contribution in [2.45, 2.75) is 38.8 Å². The van der Waals surface area contributed by atoms with E-state index in [0.717, 1.165) is 43.0 Å². The largest absolute Gasteiger partial charge is 0.327 e. The molecule has 25 heavy (non-hydrogen) atoms. The molecule has 6 heteroatoms. The van der Waals surface area contributed by atoms with Crippen molar-refractivity contribution in [3.63, 3.8) is 0 Å². The highest BCUT2D eigenvalue weighted by Crippen LogP contribution is 2.28. The first-order valence-electron chi connectivity index (χ1n) is 9.00. The zero-order chi connectivity index (χ0) is 17.4. The molecule has 132 valence electrons. The Morgan fingerprint density at radius 2 is 2.16 bits per heavy atom. The number of aromatic nitrogens is 4. The smallest absolute Gasteiger partial charge is 0.125 e. The molecule has 0 aliphatic carbocycles. The first-order valence-corrected chi connectivity index (χ1v) is 9.00. The standard InChI is InChI=1S/C19H24FN5/c1-3-25-18-7-6-15(20)11-16(18)22-19(25)13-24-10-4-5-14(12-24)17-8-9-21-23(17)2/h6-9,11,14H,3-5,10,12-13H2,1-2H3/t14-/m0/s1. The summed E-state index contributed by atoms with van der Waals surface area (Å²) in [5.74, 6) is 1.31. The number of halogens is 1. The first-order chi connectivity index (χ1) is 12.2. The summed E-state index contributed by atoms with van der Waals surface area (Å²) >= 11 is 0. The minimum Gasteiger partial charge on any atom is -0.327 e. The summed E-state index contributed by atoms with van der Waals surface area (Å²) in [5, 5.41) is 4.31. The maximum Gasteiger partial charge on any atom is 0.125 e. The molecule has 3 aromatic rings. The Kier molecular flexibility index (Phi) is 4.29. The third-order valence-corrected chi connectivity index (χ3v) is 5.25. The van der Waals surface area contributed by atoms with Crippen LogP contribution in [0.5, 0.6) is 0 Å². The molecule has 0 amide bonds. The molecule has 1 saturated heterocycles. The topological polar surface area (TPSA) is 38.9 Å². The van der Waals surface area contributed by atoms with Crippen molar-refractivity contribution < 1.29 is 4.39 Å². The summed E-state index contributed by atoms with van der Waals surface area (Å²) in [6.07, 6.45) is 4.25. The van der Waals surface area contributed by atoms with Crippen LogP contribution in [0.3, 0.4) is 0 Å². The van der Waals surface area contributed by atoms with E-state index in [1.807, 2.05) is 24.0 Å². The molecule has 1 aliphatic heterocycles. The number of rotatable bonds is 4. The molecule has 0 saturated carbocycles. The average Bonchev–Trinajstić information content (AvgIpc) is 3.17. The predicted octanol–water partition coefficient (Wildman–Crippen LogP) is 3.31. The predicted molar refractivity (Wildman–Crippen MR) is 95.8 cm³/mol. The molecular formula is C19H24FN5. The van der Waals surface area contributed by atoms with Crippen molar-refractivity contribution >= 4 is 11.0 Å². The summed E-state index contributed by atoms with van der Waals surface area (Å²) < 4.78 is 17.7. The summed E-state index contributed by atoms with van der Waals surface area (Å²) in [6, 6.07) is 7.00. The van der Waals surface area contributed by atoms with Gasteiger partial charge in [-0.2, -0.15) is 5.10 Å². The van der Waals surface area contributed by atoms with Gasteiger partial charge in [0.15, 0.2) is 0 Å². The van der Waals surface area contributed by atoms with Gasteiger partial charge in [-0.05, 0) is 44.5 Å². The van der Waals surface area contributed by atoms with Gasteiger partial charge in [0.1, 0.15) is 11.6 Å². The number of piperidine rings is 1. The lowest BCUT2D eigenvalue weighted by Gasteiger charge is -2.32. The van der Waals surface area contributed by atoms with Crippen LogP contribution in [0.4, 0.5) is 4.39 Å². The second-order valence-corrected chi connectivity index (χ2v) is 6.86. The minimum atomic E-state index is -0.228. The molecule has 0 N–H and O–H groups in total. The third kappa shape index (κ3) is 3.06. The fourth-order valence-corrected chi connectivity index (χ4v) is 4.05. The van der Waals surface area contributed by atoms with Crippen molar-refractivity contribution in [3.8, 4) is 0 Å². The van der Waals surface area contributed by atoms with Gasteiger partial charge in [0.2, 0.25) is 0 Å². The first kappa shape index (κ1) is 16.3. The Balaban J connectivity index is 1.57. The normalized spacial score (nSPS) is 18.9. The van der Waals surface area contributed by atoms with Gasteiger partial charge < -0.3 is 4.57 Å². The van der Waals surface area contributed by atoms with E-state index in [2.05, 4.69) is 27.6 Å². The molecule has 1 aromatic carbocycles. The molecular weight excluding hydrogens is 317 g/mol. The Morgan fingerprint density at radius 1 is 1.28 bits per heavy atom. The Labute approximate surface area is 147 Å². The van der Waals surface area contributed by atoms with E-state index in [9.17, 15) is 4.39 Å². The van der Waals surface area contributed by atoms with Crippen LogP contribution in [-0.4, -0.2) is 37.3 Å². The van der Waals surface area contributed by atoms with Crippen LogP contribution in [0.15, 0.2) is 30.5 Å². The van der Waals surface area contributed by atoms with E-state index in [1.54, 1.807) is 0 Å². The van der Waals surface area contributed by atoms with Crippen LogP contribution in [0.2, 0.25) is 0 Å². The number of aryl methyl sites for hydroxylation is 2. The van der Waals surface area contributed by atoms with Gasteiger partial charge in [-0.1, -0.05) is 0 Å². The van der Waals surface area contributed by atoms with Gasteiger partial charge in [-0.3, -0.25) is 9.58 Å². The van der Waals surface area contributed by atoms with E-state index in [0.29, 0.717) is 5.92 Å². The monoisotopic (exact) mass is 341 g/mol. The lowest BCUT2D eigenvalue weighted by molar-refractivity contribution is 0.190. The van der Waals surface area contributed by atoms with Crippen LogP contribution in [0, 0.1) is 5.82 Å². The Bertz CT molecular complexity index is 881. The molecule has 0 spiro atoms. The molecule has 3 heterocycles. The van der Waals surface area contributed by atoms with E-state index in [4.69, 9.17) is 4.98 Å². The van der Waals surface area contributed by atoms with E-state index >= 15 is 0 Å². The number of hydrogen-bond donors (Lipinski definition) is 0. The van der Waals surface area contributed by atoms with E-state index in [1.165, 1.54) is 30.7 Å². The van der Waals surface area contributed by atoms with Crippen LogP contribution < -0.4 is 0 Å². The number of fused-ring (bicyclic) bond motifs is 1. The minimum absolute atomic E-state index is 0.228. The maximum absolute atomic E-state index is 13.5. The quantitative estimate of drug-likeness (QED) is 0.731. The van der Waals surface area contributed by atoms with Gasteiger partial charge in [-0.25, -0.2) is 9.37 Å². The Morgan fingerprint density at radius 3 is 2.92 bits per heavy atom. The number of benzene rings is 1. The van der Waals surface area contributed by atoms with Crippen LogP contribution >= 0.6 is 0 Å². The van der Waals surface area contributed by atoms with E-state index in [-0.39, 0.29) is 5.82 Å². The third-order valence-electron chi connectivity index (χ3n) is 5.25. The van der Waals surface area contributed by atoms with Crippen LogP contribution in [0.1, 0.15) is 37.2 Å². The number of likely N-dealkylation sites (tertiary alicyclic amines) is 1. The second kappa shape index (κ2) is 6.59. The molecule has 2 aromatic heterocycles. The van der Waals surface area contributed by atoms with Crippen molar-refractivity contribution in [2.24, 2.45) is 7.05 Å². The summed E-state index contributed by atoms with van der Waals surface area (Å²) in [4.78, 5) is 7.17. The van der Waals surface area contributed by atoms with Gasteiger partial charge in [-0.15, -0.1) is 0 Å². The highest BCUT2D eigenvalue weighted by Gasteiger charge is 2.24. The summed E-state index contributed by atoms with van der Waals surface area (Å²) in [5.41, 5.74) is 3.06. The fourth-order valence-electron chi connectivity index (χ4n) is 4.05. The van der Waals surface area contributed by atoms with Gasteiger partial charge in [0.05, 0.1) is 17.6 Å². The Hall–Kier alpha value is -2.21. The molecule has 0 unspecified atom stereocenters. The molecule has 1 fully saturated rings. The van der Waals surface area contributed by atoms with Gasteiger partial charge in [0.25, 0.3) is 0 Å². The maximum atomic E-state index is 13.5. The average molecular weight is 341 g/mol. The number of nitrogens with zero attached hydrogens (tertiary/aromatic N) is 5. The molecule has 5 nitrogen and oxygen atoms in total. The van der Waals surface area contributed by atoms with Crippen LogP contribution in [0.25, 0.3) is 11.0 Å². The molecule has 0 radical (unpaired) electrons. The lowest BCUT2D eigenvalue weighted by Crippen LogP contribution is -2.35. The molecule has 0 bridgehead atoms. The number of hydrogen-bond acceptors (Lipinski definition) is 3. The zero-order valence-corrected chi connectivity index (χ0v) is 14.8. The van der Waals surface area contributed by atoms with Crippen molar-refractivity contribution in [1.29, 1.82) is 0 Å². The molecule has 1 aliphatic rings. The molecule has 1 atom stereocenters. The van der Waals surface area contributed by atoms with Crippen molar-refractivity contribution in [1.82, 2.24) is 24.2 Å². The van der Waals surface area contributed by atoms with Crippen molar-refractivity contribution in [2.75, 3.05) is 13.1 Å². The number of imidazole rings is 1. The fraction of sp³-hybridized carbons (Fsp3) is 0.474. The van der Waals surface area contributed by atoms with Crippen LogP contribution in [-0.2, 0) is 20.1 Å². The second-order valence-electron chi connectivity index (χ2n) is 6.86. The van der Waals surface area contributed by atoms with Gasteiger partial charge in [0, 0.05) is 44.0 Å².